The first-order valence-corrected chi connectivity index (χ1v) is 28.5. The van der Waals surface area contributed by atoms with Crippen molar-refractivity contribution in [3.63, 3.8) is 0 Å². The van der Waals surface area contributed by atoms with Gasteiger partial charge in [-0.15, -0.1) is 0 Å². The molecule has 0 radical (unpaired) electrons. The first-order chi connectivity index (χ1) is 34.4. The van der Waals surface area contributed by atoms with Crippen molar-refractivity contribution in [1.82, 2.24) is 24.2 Å². The minimum Gasteiger partial charge on any atom is -0.497 e. The van der Waals surface area contributed by atoms with Crippen LogP contribution in [0.1, 0.15) is 94.0 Å². The van der Waals surface area contributed by atoms with Gasteiger partial charge >= 0.3 is 5.97 Å². The Morgan fingerprint density at radius 1 is 0.847 bits per heavy atom. The Bertz CT molecular complexity index is 2700. The molecule has 5 atom stereocenters. The summed E-state index contributed by atoms with van der Waals surface area (Å²) >= 11 is 6.88. The summed E-state index contributed by atoms with van der Waals surface area (Å²) in [6, 6.07) is 36.7. The van der Waals surface area contributed by atoms with Crippen LogP contribution in [0.3, 0.4) is 0 Å². The highest BCUT2D eigenvalue weighted by molar-refractivity contribution is 7.44. The molecule has 3 heterocycles. The number of nitriles is 1. The van der Waals surface area contributed by atoms with E-state index in [1.807, 2.05) is 72.8 Å². The monoisotopic (exact) mass is 1040 g/mol. The molecule has 0 N–H and O–H groups in total. The highest BCUT2D eigenvalue weighted by Gasteiger charge is 2.54. The molecule has 2 aromatic heterocycles. The lowest BCUT2D eigenvalue weighted by Crippen LogP contribution is -2.51. The van der Waals surface area contributed by atoms with Crippen LogP contribution in [0.4, 0.5) is 0 Å². The van der Waals surface area contributed by atoms with Crippen molar-refractivity contribution in [3.05, 3.63) is 149 Å². The summed E-state index contributed by atoms with van der Waals surface area (Å²) in [6.07, 6.45) is -1.67. The van der Waals surface area contributed by atoms with Gasteiger partial charge in [-0.2, -0.15) is 5.26 Å². The molecule has 0 bridgehead atoms. The van der Waals surface area contributed by atoms with Crippen LogP contribution >= 0.6 is 20.1 Å². The summed E-state index contributed by atoms with van der Waals surface area (Å²) in [5, 5.41) is 9.48. The van der Waals surface area contributed by atoms with Crippen molar-refractivity contribution >= 4 is 45.6 Å². The maximum Gasteiger partial charge on any atom is 0.338 e. The second kappa shape index (κ2) is 23.7. The quantitative estimate of drug-likeness (QED) is 0.0158. The summed E-state index contributed by atoms with van der Waals surface area (Å²) in [6.45, 7) is 19.2. The van der Waals surface area contributed by atoms with Crippen LogP contribution in [0.2, 0.25) is 23.3 Å². The number of methoxy groups -OCH3 is 2. The Morgan fingerprint density at radius 2 is 1.42 bits per heavy atom. The Labute approximate surface area is 430 Å². The van der Waals surface area contributed by atoms with E-state index >= 15 is 0 Å². The zero-order chi connectivity index (χ0) is 51.8. The van der Waals surface area contributed by atoms with E-state index in [0.717, 1.165) is 16.7 Å². The van der Waals surface area contributed by atoms with E-state index in [-0.39, 0.29) is 54.3 Å². The maximum atomic E-state index is 13.1. The molecule has 7 rings (SSSR count). The minimum absolute atomic E-state index is 0.00303. The molecule has 4 aromatic carbocycles. The van der Waals surface area contributed by atoms with E-state index in [2.05, 4.69) is 89.4 Å². The molecule has 1 unspecified atom stereocenters. The topological polar surface area (TPSA) is 162 Å². The number of fused-ring (bicyclic) bond motifs is 1. The van der Waals surface area contributed by atoms with Crippen LogP contribution in [0.25, 0.3) is 11.2 Å². The van der Waals surface area contributed by atoms with Crippen molar-refractivity contribution in [3.8, 4) is 17.6 Å². The number of carbonyl (C=O) groups is 1. The standard InChI is InChI=1S/C54H66ClN6O9PSi/c1-36(2)61(37(3)4)71(67-32-18-31-56)69-48-47(70-72(10,11)53(5,6)7)44(68-51(48)60-35-57-46-49(55)58-45(59-50(46)60)34-65-52(62)38-19-14-12-15-20-38)33-66-54(39-21-16-13-17-22-39,40-23-27-42(63-8)28-24-40)41-25-29-43(64-9)30-26-41/h12-17,19-30,35-37,44,47-48,51H,18,32-34H2,1-11H3/t44-,47-,48-,51-,71?/m1/s1. The zero-order valence-corrected chi connectivity index (χ0v) is 45.6. The summed E-state index contributed by atoms with van der Waals surface area (Å²) in [5.41, 5.74) is 2.37. The van der Waals surface area contributed by atoms with E-state index < -0.39 is 53.0 Å². The second-order valence-electron chi connectivity index (χ2n) is 19.5. The van der Waals surface area contributed by atoms with Crippen LogP contribution in [-0.2, 0) is 39.9 Å². The second-order valence-corrected chi connectivity index (χ2v) is 26.1. The first kappa shape index (κ1) is 54.5. The molecule has 72 heavy (non-hydrogen) atoms. The summed E-state index contributed by atoms with van der Waals surface area (Å²) in [5.74, 6) is 1.01. The van der Waals surface area contributed by atoms with Crippen LogP contribution < -0.4 is 9.47 Å². The van der Waals surface area contributed by atoms with Crippen LogP contribution in [0, 0.1) is 11.3 Å². The van der Waals surface area contributed by atoms with Crippen molar-refractivity contribution in [1.29, 1.82) is 5.26 Å². The largest absolute Gasteiger partial charge is 0.497 e. The van der Waals surface area contributed by atoms with E-state index in [9.17, 15) is 10.1 Å². The molecule has 6 aromatic rings. The number of esters is 1. The van der Waals surface area contributed by atoms with Gasteiger partial charge in [0.2, 0.25) is 0 Å². The Balaban J connectivity index is 1.40. The van der Waals surface area contributed by atoms with Gasteiger partial charge in [0, 0.05) is 12.1 Å². The molecule has 1 aliphatic heterocycles. The number of imidazole rings is 1. The third-order valence-corrected chi connectivity index (χ3v) is 19.9. The van der Waals surface area contributed by atoms with Gasteiger partial charge in [-0.25, -0.2) is 24.4 Å². The Morgan fingerprint density at radius 3 is 1.96 bits per heavy atom. The number of hydrogen-bond acceptors (Lipinski definition) is 14. The van der Waals surface area contributed by atoms with Gasteiger partial charge in [0.05, 0.1) is 51.8 Å². The minimum atomic E-state index is -2.68. The number of halogens is 1. The average molecular weight is 1040 g/mol. The fraction of sp³-hybridized carbons (Fsp3) is 0.426. The van der Waals surface area contributed by atoms with Gasteiger partial charge in [-0.05, 0) is 98.9 Å². The molecular weight excluding hydrogens is 971 g/mol. The van der Waals surface area contributed by atoms with E-state index in [1.165, 1.54) is 0 Å². The SMILES string of the molecule is COc1ccc(C(OC[C@H]2O[C@@H](n3cnc4c(Cl)nc(COC(=O)c5ccccc5)nc43)[C@H](OP(OCCC#N)N(C(C)C)C(C)C)[C@@H]2O[Si](C)(C)C(C)(C)C)(c2ccccc2)c2ccc(OC)cc2)cc1. The molecule has 1 aliphatic rings. The Kier molecular flexibility index (Phi) is 17.9. The first-order valence-electron chi connectivity index (χ1n) is 24.1. The fourth-order valence-electron chi connectivity index (χ4n) is 8.48. The lowest BCUT2D eigenvalue weighted by Gasteiger charge is -2.43. The third-order valence-electron chi connectivity index (χ3n) is 13.1. The normalized spacial score (nSPS) is 17.9. The molecule has 0 aliphatic carbocycles. The van der Waals surface area contributed by atoms with E-state index in [1.54, 1.807) is 49.4 Å². The molecular formula is C54H66ClN6O9PSi. The molecule has 1 fully saturated rings. The smallest absolute Gasteiger partial charge is 0.338 e. The fourth-order valence-corrected chi connectivity index (χ4v) is 11.8. The van der Waals surface area contributed by atoms with Crippen LogP contribution in [0.15, 0.2) is 116 Å². The molecule has 15 nitrogen and oxygen atoms in total. The molecule has 0 spiro atoms. The number of hydrogen-bond donors (Lipinski definition) is 0. The number of aromatic nitrogens is 4. The van der Waals surface area contributed by atoms with Gasteiger partial charge in [0.25, 0.3) is 8.53 Å². The predicted molar refractivity (Wildman–Crippen MR) is 280 cm³/mol. The van der Waals surface area contributed by atoms with Crippen molar-refractivity contribution in [2.45, 2.75) is 122 Å². The van der Waals surface area contributed by atoms with Gasteiger partial charge in [0.1, 0.15) is 40.9 Å². The van der Waals surface area contributed by atoms with Gasteiger partial charge in [-0.3, -0.25) is 4.57 Å². The van der Waals surface area contributed by atoms with Gasteiger partial charge < -0.3 is 37.2 Å². The third kappa shape index (κ3) is 12.0. The lowest BCUT2D eigenvalue weighted by atomic mass is 9.80. The number of benzene rings is 4. The van der Waals surface area contributed by atoms with E-state index in [0.29, 0.717) is 28.2 Å². The number of ether oxygens (including phenoxy) is 5. The molecule has 0 amide bonds. The van der Waals surface area contributed by atoms with E-state index in [4.69, 9.17) is 58.7 Å². The summed E-state index contributed by atoms with van der Waals surface area (Å²) in [7, 11) is -1.26. The molecule has 382 valence electrons. The van der Waals surface area contributed by atoms with Gasteiger partial charge in [0.15, 0.2) is 37.8 Å². The highest BCUT2D eigenvalue weighted by Crippen LogP contribution is 2.53. The lowest BCUT2D eigenvalue weighted by molar-refractivity contribution is -0.0928. The predicted octanol–water partition coefficient (Wildman–Crippen LogP) is 11.8. The summed E-state index contributed by atoms with van der Waals surface area (Å²) < 4.78 is 57.4. The number of nitrogens with zero attached hydrogens (tertiary/aromatic N) is 6. The zero-order valence-electron chi connectivity index (χ0n) is 42.9. The summed E-state index contributed by atoms with van der Waals surface area (Å²) in [4.78, 5) is 27.2. The molecule has 18 heteroatoms. The Hall–Kier alpha value is -5.31. The van der Waals surface area contributed by atoms with Gasteiger partial charge in [-0.1, -0.05) is 105 Å². The molecule has 0 saturated carbocycles. The maximum absolute atomic E-state index is 13.1. The molecule has 1 saturated heterocycles. The number of rotatable bonds is 22. The number of carbonyl (C=O) groups excluding carboxylic acids is 1. The van der Waals surface area contributed by atoms with Crippen LogP contribution in [-0.4, -0.2) is 96.3 Å². The highest BCUT2D eigenvalue weighted by atomic mass is 35.5. The van der Waals surface area contributed by atoms with Crippen LogP contribution in [0.5, 0.6) is 11.5 Å². The van der Waals surface area contributed by atoms with Crippen molar-refractivity contribution < 1.29 is 42.0 Å². The van der Waals surface area contributed by atoms with Crippen molar-refractivity contribution in [2.24, 2.45) is 0 Å². The van der Waals surface area contributed by atoms with Crippen molar-refractivity contribution in [2.75, 3.05) is 27.4 Å². The average Bonchev–Trinajstić information content (AvgIpc) is 3.94.